The van der Waals surface area contributed by atoms with E-state index in [0.29, 0.717) is 3.57 Å². The van der Waals surface area contributed by atoms with Crippen molar-refractivity contribution >= 4 is 62.7 Å². The number of phenolic OH excluding ortho intramolecular Hbond substituents is 2. The smallest absolute Gasteiger partial charge is 0.189 e. The van der Waals surface area contributed by atoms with Crippen LogP contribution in [-0.4, -0.2) is 30.1 Å². The molecule has 2 rings (SSSR count). The molecule has 0 saturated heterocycles. The van der Waals surface area contributed by atoms with Gasteiger partial charge in [-0.1, -0.05) is 18.2 Å². The lowest BCUT2D eigenvalue weighted by Crippen LogP contribution is -2.07. The molecule has 0 aliphatic heterocycles. The Morgan fingerprint density at radius 3 is 2.26 bits per heavy atom. The highest BCUT2D eigenvalue weighted by molar-refractivity contribution is 14.1. The van der Waals surface area contributed by atoms with Crippen molar-refractivity contribution in [3.63, 3.8) is 0 Å². The van der Waals surface area contributed by atoms with E-state index in [1.807, 2.05) is 88.4 Å². The lowest BCUT2D eigenvalue weighted by Gasteiger charge is -2.11. The average Bonchev–Trinajstić information content (AvgIpc) is 2.54. The lowest BCUT2D eigenvalue weighted by atomic mass is 10.1. The molecule has 2 aromatic carbocycles. The van der Waals surface area contributed by atoms with Crippen molar-refractivity contribution in [1.29, 1.82) is 0 Å². The Morgan fingerprint density at radius 1 is 1.09 bits per heavy atom. The molecule has 0 spiro atoms. The van der Waals surface area contributed by atoms with Crippen LogP contribution >= 0.6 is 45.2 Å². The Hall–Kier alpha value is -1.29. The molecule has 0 heterocycles. The van der Waals surface area contributed by atoms with Crippen LogP contribution in [0.5, 0.6) is 11.5 Å². The number of anilines is 1. The Kier molecular flexibility index (Phi) is 5.90. The zero-order chi connectivity index (χ0) is 17.1. The normalized spacial score (nSPS) is 11.0. The fraction of sp³-hybridized carbons (Fsp3) is 0.118. The molecule has 0 atom stereocenters. The molecule has 0 radical (unpaired) electrons. The van der Waals surface area contributed by atoms with Crippen molar-refractivity contribution in [3.05, 3.63) is 54.7 Å². The number of carbonyl (C=O) groups is 1. The molecule has 6 heteroatoms. The number of ketones is 1. The molecule has 0 aliphatic carbocycles. The van der Waals surface area contributed by atoms with Gasteiger partial charge in [0.15, 0.2) is 5.78 Å². The van der Waals surface area contributed by atoms with Crippen LogP contribution in [0, 0.1) is 7.14 Å². The second-order valence-electron chi connectivity index (χ2n) is 5.10. The van der Waals surface area contributed by atoms with Crippen molar-refractivity contribution in [3.8, 4) is 11.5 Å². The molecule has 0 fully saturated rings. The molecule has 23 heavy (non-hydrogen) atoms. The number of benzene rings is 2. The summed E-state index contributed by atoms with van der Waals surface area (Å²) in [6.45, 7) is 0. The lowest BCUT2D eigenvalue weighted by molar-refractivity contribution is 0.104. The molecule has 0 saturated carbocycles. The summed E-state index contributed by atoms with van der Waals surface area (Å²) in [5.74, 6) is -0.514. The van der Waals surface area contributed by atoms with Gasteiger partial charge in [-0.25, -0.2) is 0 Å². The predicted octanol–water partition coefficient (Wildman–Crippen LogP) is 4.27. The SMILES string of the molecule is CN(C)c1ccc(/C=C/C(=O)c2cc(I)c(O)c(I)c2O)cc1. The first-order chi connectivity index (χ1) is 10.8. The van der Waals surface area contributed by atoms with Gasteiger partial charge >= 0.3 is 0 Å². The third-order valence-corrected chi connectivity index (χ3v) is 5.11. The van der Waals surface area contributed by atoms with Gasteiger partial charge in [-0.2, -0.15) is 0 Å². The molecular weight excluding hydrogens is 520 g/mol. The zero-order valence-corrected chi connectivity index (χ0v) is 16.9. The van der Waals surface area contributed by atoms with Gasteiger partial charge in [0.05, 0.1) is 12.7 Å². The maximum Gasteiger partial charge on any atom is 0.189 e. The summed E-state index contributed by atoms with van der Waals surface area (Å²) in [6, 6.07) is 9.25. The van der Waals surface area contributed by atoms with Crippen LogP contribution in [0.15, 0.2) is 36.4 Å². The number of nitrogens with zero attached hydrogens (tertiary/aromatic N) is 1. The summed E-state index contributed by atoms with van der Waals surface area (Å²) in [4.78, 5) is 14.3. The first-order valence-electron chi connectivity index (χ1n) is 6.71. The number of hydrogen-bond acceptors (Lipinski definition) is 4. The van der Waals surface area contributed by atoms with E-state index in [2.05, 4.69) is 0 Å². The van der Waals surface area contributed by atoms with E-state index >= 15 is 0 Å². The first kappa shape index (κ1) is 18.1. The third-order valence-electron chi connectivity index (χ3n) is 3.27. The molecular formula is C17H15I2NO3. The van der Waals surface area contributed by atoms with Gasteiger partial charge in [0.2, 0.25) is 0 Å². The highest BCUT2D eigenvalue weighted by atomic mass is 127. The summed E-state index contributed by atoms with van der Waals surface area (Å²) in [6.07, 6.45) is 3.12. The van der Waals surface area contributed by atoms with E-state index < -0.39 is 0 Å². The first-order valence-corrected chi connectivity index (χ1v) is 8.86. The van der Waals surface area contributed by atoms with Gasteiger partial charge in [0.25, 0.3) is 0 Å². The van der Waals surface area contributed by atoms with Gasteiger partial charge in [0.1, 0.15) is 11.5 Å². The number of phenols is 2. The highest BCUT2D eigenvalue weighted by Crippen LogP contribution is 2.36. The van der Waals surface area contributed by atoms with Crippen molar-refractivity contribution in [1.82, 2.24) is 0 Å². The Morgan fingerprint density at radius 2 is 1.70 bits per heavy atom. The molecule has 2 N–H and O–H groups in total. The summed E-state index contributed by atoms with van der Waals surface area (Å²) in [5, 5.41) is 19.8. The number of rotatable bonds is 4. The van der Waals surface area contributed by atoms with Crippen molar-refractivity contribution in [2.24, 2.45) is 0 Å². The van der Waals surface area contributed by atoms with E-state index in [9.17, 15) is 15.0 Å². The molecule has 2 aromatic rings. The van der Waals surface area contributed by atoms with Gasteiger partial charge in [-0.3, -0.25) is 4.79 Å². The topological polar surface area (TPSA) is 60.8 Å². The van der Waals surface area contributed by atoms with Crippen LogP contribution in [0.3, 0.4) is 0 Å². The summed E-state index contributed by atoms with van der Waals surface area (Å²) in [7, 11) is 3.93. The Labute approximate surface area is 162 Å². The Bertz CT molecular complexity index is 768. The number of hydrogen-bond donors (Lipinski definition) is 2. The maximum atomic E-state index is 12.3. The van der Waals surface area contributed by atoms with Crippen LogP contribution in [-0.2, 0) is 0 Å². The zero-order valence-electron chi connectivity index (χ0n) is 12.5. The predicted molar refractivity (Wildman–Crippen MR) is 109 cm³/mol. The van der Waals surface area contributed by atoms with E-state index in [0.717, 1.165) is 11.3 Å². The molecule has 0 amide bonds. The van der Waals surface area contributed by atoms with Crippen molar-refractivity contribution < 1.29 is 15.0 Å². The third kappa shape index (κ3) is 4.17. The number of aromatic hydroxyl groups is 2. The molecule has 0 bridgehead atoms. The summed E-state index contributed by atoms with van der Waals surface area (Å²) < 4.78 is 0.804. The highest BCUT2D eigenvalue weighted by Gasteiger charge is 2.17. The minimum absolute atomic E-state index is 0.0106. The van der Waals surface area contributed by atoms with Crippen LogP contribution < -0.4 is 4.90 Å². The second-order valence-corrected chi connectivity index (χ2v) is 7.34. The van der Waals surface area contributed by atoms with Gasteiger partial charge in [0, 0.05) is 19.8 Å². The van der Waals surface area contributed by atoms with Crippen molar-refractivity contribution in [2.45, 2.75) is 0 Å². The maximum absolute atomic E-state index is 12.3. The fourth-order valence-corrected chi connectivity index (χ4v) is 3.61. The van der Waals surface area contributed by atoms with Crippen LogP contribution in [0.25, 0.3) is 6.08 Å². The minimum Gasteiger partial charge on any atom is -0.506 e. The summed E-state index contributed by atoms with van der Waals surface area (Å²) in [5.41, 5.74) is 2.15. The van der Waals surface area contributed by atoms with E-state index in [-0.39, 0.29) is 26.4 Å². The quantitative estimate of drug-likeness (QED) is 0.349. The standard InChI is InChI=1S/C17H15I2NO3/c1-20(2)11-6-3-10(4-7-11)5-8-14(21)12-9-13(18)17(23)15(19)16(12)22/h3-9,22-23H,1-2H3/b8-5+. The summed E-state index contributed by atoms with van der Waals surface area (Å²) >= 11 is 3.75. The number of halogens is 2. The van der Waals surface area contributed by atoms with Crippen LogP contribution in [0.1, 0.15) is 15.9 Å². The molecule has 4 nitrogen and oxygen atoms in total. The largest absolute Gasteiger partial charge is 0.506 e. The number of allylic oxidation sites excluding steroid dienone is 1. The molecule has 0 aromatic heterocycles. The van der Waals surface area contributed by atoms with Gasteiger partial charge in [-0.05, 0) is 75.0 Å². The van der Waals surface area contributed by atoms with Crippen LogP contribution in [0.4, 0.5) is 5.69 Å². The number of carbonyl (C=O) groups excluding carboxylic acids is 1. The van der Waals surface area contributed by atoms with Crippen LogP contribution in [0.2, 0.25) is 0 Å². The Balaban J connectivity index is 2.25. The minimum atomic E-state index is -0.310. The van der Waals surface area contributed by atoms with Gasteiger partial charge < -0.3 is 15.1 Å². The molecule has 120 valence electrons. The molecule has 0 aliphatic rings. The van der Waals surface area contributed by atoms with E-state index in [1.165, 1.54) is 12.1 Å². The molecule has 0 unspecified atom stereocenters. The fourth-order valence-electron chi connectivity index (χ4n) is 1.93. The van der Waals surface area contributed by atoms with Gasteiger partial charge in [-0.15, -0.1) is 0 Å². The van der Waals surface area contributed by atoms with Crippen molar-refractivity contribution in [2.75, 3.05) is 19.0 Å². The monoisotopic (exact) mass is 535 g/mol. The van der Waals surface area contributed by atoms with E-state index in [4.69, 9.17) is 0 Å². The second kappa shape index (κ2) is 7.52. The average molecular weight is 535 g/mol. The van der Waals surface area contributed by atoms with E-state index in [1.54, 1.807) is 6.08 Å².